The van der Waals surface area contributed by atoms with Crippen molar-refractivity contribution in [3.63, 3.8) is 0 Å². The predicted molar refractivity (Wildman–Crippen MR) is 143 cm³/mol. The molecule has 2 N–H and O–H groups in total. The first-order valence-corrected chi connectivity index (χ1v) is 14.1. The fraction of sp³-hybridized carbons (Fsp3) is 0.621. The van der Waals surface area contributed by atoms with Crippen LogP contribution in [0.2, 0.25) is 0 Å². The van der Waals surface area contributed by atoms with Crippen LogP contribution in [0.1, 0.15) is 76.0 Å². The van der Waals surface area contributed by atoms with Crippen LogP contribution < -0.4 is 0 Å². The summed E-state index contributed by atoms with van der Waals surface area (Å²) in [7, 11) is 0. The van der Waals surface area contributed by atoms with E-state index in [0.717, 1.165) is 15.2 Å². The summed E-state index contributed by atoms with van der Waals surface area (Å²) in [5, 5.41) is 22.9. The summed E-state index contributed by atoms with van der Waals surface area (Å²) in [4.78, 5) is 31.1. The van der Waals surface area contributed by atoms with Gasteiger partial charge in [0.1, 0.15) is 18.0 Å². The Kier molecular flexibility index (Phi) is 8.43. The van der Waals surface area contributed by atoms with Crippen LogP contribution in [0.15, 0.2) is 30.9 Å². The second-order valence-corrected chi connectivity index (χ2v) is 12.6. The highest BCUT2D eigenvalue weighted by molar-refractivity contribution is 7.18. The van der Waals surface area contributed by atoms with Crippen molar-refractivity contribution in [2.24, 2.45) is 17.3 Å². The van der Waals surface area contributed by atoms with Crippen LogP contribution in [0, 0.1) is 24.2 Å². The summed E-state index contributed by atoms with van der Waals surface area (Å²) in [6.45, 7) is 10.6. The Labute approximate surface area is 227 Å². The highest BCUT2D eigenvalue weighted by atomic mass is 32.1. The molecule has 0 spiro atoms. The van der Waals surface area contributed by atoms with Gasteiger partial charge < -0.3 is 19.7 Å². The van der Waals surface area contributed by atoms with Crippen LogP contribution in [-0.4, -0.2) is 51.1 Å². The predicted octanol–water partition coefficient (Wildman–Crippen LogP) is 5.36. The molecule has 1 aromatic carbocycles. The van der Waals surface area contributed by atoms with E-state index in [9.17, 15) is 19.8 Å². The Morgan fingerprint density at radius 3 is 2.74 bits per heavy atom. The number of hydrogen-bond donors (Lipinski definition) is 2. The van der Waals surface area contributed by atoms with Gasteiger partial charge in [-0.1, -0.05) is 32.9 Å². The maximum Gasteiger partial charge on any atom is 0.309 e. The summed E-state index contributed by atoms with van der Waals surface area (Å²) in [6.07, 6.45) is -1.28. The van der Waals surface area contributed by atoms with Gasteiger partial charge in [-0.2, -0.15) is 0 Å². The van der Waals surface area contributed by atoms with Crippen molar-refractivity contribution < 1.29 is 33.7 Å². The number of rotatable bonds is 3. The highest BCUT2D eigenvalue weighted by Crippen LogP contribution is 2.48. The topological polar surface area (TPSA) is 109 Å². The van der Waals surface area contributed by atoms with Gasteiger partial charge in [0, 0.05) is 18.8 Å². The lowest BCUT2D eigenvalue weighted by molar-refractivity contribution is -0.156. The molecule has 1 aromatic heterocycles. The van der Waals surface area contributed by atoms with Gasteiger partial charge in [-0.05, 0) is 49.8 Å². The molecule has 0 aliphatic carbocycles. The van der Waals surface area contributed by atoms with Crippen molar-refractivity contribution in [3.05, 3.63) is 41.4 Å². The van der Waals surface area contributed by atoms with E-state index in [2.05, 4.69) is 11.6 Å². The van der Waals surface area contributed by atoms with Crippen LogP contribution in [0.5, 0.6) is 0 Å². The number of Topliss-reactive ketones (excluding diaryl/α,β-unsaturated/α-hetero) is 1. The van der Waals surface area contributed by atoms with Crippen LogP contribution >= 0.6 is 11.3 Å². The number of halogens is 1. The summed E-state index contributed by atoms with van der Waals surface area (Å²) < 4.78 is 27.7. The van der Waals surface area contributed by atoms with Gasteiger partial charge in [-0.25, -0.2) is 9.37 Å². The molecule has 0 bridgehead atoms. The van der Waals surface area contributed by atoms with Gasteiger partial charge in [0.25, 0.3) is 0 Å². The van der Waals surface area contributed by atoms with E-state index in [1.54, 1.807) is 31.3 Å². The van der Waals surface area contributed by atoms with Gasteiger partial charge in [0.05, 0.1) is 39.3 Å². The number of ketones is 1. The molecule has 0 radical (unpaired) electrons. The third-order valence-electron chi connectivity index (χ3n) is 8.11. The normalized spacial score (nSPS) is 34.9. The summed E-state index contributed by atoms with van der Waals surface area (Å²) in [6, 6.07) is 5.58. The molecule has 2 aliphatic rings. The monoisotopic (exact) mass is 547 g/mol. The molecular weight excluding hydrogens is 509 g/mol. The van der Waals surface area contributed by atoms with Crippen molar-refractivity contribution in [2.45, 2.75) is 96.5 Å². The number of aliphatic hydroxyl groups excluding tert-OH is 2. The number of cyclic esters (lactones) is 1. The second-order valence-electron chi connectivity index (χ2n) is 11.4. The lowest BCUT2D eigenvalue weighted by Crippen LogP contribution is -2.46. The fourth-order valence-electron chi connectivity index (χ4n) is 5.43. The number of carbonyl (C=O) groups is 2. The molecule has 0 saturated carbocycles. The molecule has 9 heteroatoms. The van der Waals surface area contributed by atoms with Gasteiger partial charge in [0.15, 0.2) is 0 Å². The molecule has 2 saturated heterocycles. The van der Waals surface area contributed by atoms with Crippen LogP contribution in [0.4, 0.5) is 4.39 Å². The van der Waals surface area contributed by atoms with Gasteiger partial charge >= 0.3 is 5.97 Å². The number of allylic oxidation sites excluding steroid dienone is 1. The van der Waals surface area contributed by atoms with Crippen molar-refractivity contribution >= 4 is 33.3 Å². The number of aromatic nitrogens is 1. The number of alkyl halides is 1. The van der Waals surface area contributed by atoms with E-state index >= 15 is 4.39 Å². The lowest BCUT2D eigenvalue weighted by atomic mass is 9.71. The number of carbonyl (C=O) groups excluding carboxylic acids is 2. The first-order chi connectivity index (χ1) is 17.9. The van der Waals surface area contributed by atoms with E-state index in [-0.39, 0.29) is 31.0 Å². The molecule has 7 nitrogen and oxygen atoms in total. The Balaban J connectivity index is 1.63. The zero-order chi connectivity index (χ0) is 27.8. The standard InChI is InChI=1S/C29H38FNO6S/c1-6-8-19-26(34)16(2)9-7-12-29(30)24(37-29)14-21(18-10-11-22-20(13-18)31-17(3)38-22)36-25(33)15-23(32)28(4,5)27(19)35/h6,10-11,13,16,19,21,23-24,26,32,34H,1,7-9,12,14-15H2,2-5H3/t16-,19+,21-,23-,24?,26-,29?/m0/s1. The molecule has 2 fully saturated rings. The minimum absolute atomic E-state index is 0.120. The van der Waals surface area contributed by atoms with Crippen LogP contribution in [-0.2, 0) is 19.1 Å². The number of aryl methyl sites for hydroxylation is 1. The van der Waals surface area contributed by atoms with Crippen molar-refractivity contribution in [2.75, 3.05) is 0 Å². The second kappa shape index (κ2) is 11.1. The maximum absolute atomic E-state index is 15.4. The number of nitrogens with zero attached hydrogens (tertiary/aromatic N) is 1. The third kappa shape index (κ3) is 6.01. The lowest BCUT2D eigenvalue weighted by Gasteiger charge is -2.35. The SMILES string of the molecule is C=CC[C@H]1C(=O)C(C)(C)[C@@H](O)CC(=O)O[C@H](c2ccc3sc(C)nc3c2)CC2OC2(F)CCC[C@H](C)[C@@H]1O. The Morgan fingerprint density at radius 1 is 1.29 bits per heavy atom. The first kappa shape index (κ1) is 28.8. The number of epoxide rings is 1. The molecule has 38 heavy (non-hydrogen) atoms. The van der Waals surface area contributed by atoms with E-state index in [0.29, 0.717) is 18.4 Å². The van der Waals surface area contributed by atoms with Crippen LogP contribution in [0.25, 0.3) is 10.2 Å². The molecule has 2 aromatic rings. The van der Waals surface area contributed by atoms with Crippen molar-refractivity contribution in [1.29, 1.82) is 0 Å². The minimum Gasteiger partial charge on any atom is -0.457 e. The Hall–Kier alpha value is -2.20. The average Bonchev–Trinajstić information content (AvgIpc) is 3.32. The Morgan fingerprint density at radius 2 is 2.03 bits per heavy atom. The molecule has 4 rings (SSSR count). The minimum atomic E-state index is -1.83. The fourth-order valence-corrected chi connectivity index (χ4v) is 6.24. The number of fused-ring (bicyclic) bond motifs is 2. The average molecular weight is 548 g/mol. The van der Waals surface area contributed by atoms with Gasteiger partial charge in [-0.15, -0.1) is 17.9 Å². The number of benzene rings is 1. The van der Waals surface area contributed by atoms with Crippen LogP contribution in [0.3, 0.4) is 0 Å². The number of aliphatic hydroxyl groups is 2. The molecule has 0 amide bonds. The van der Waals surface area contributed by atoms with E-state index in [4.69, 9.17) is 9.47 Å². The van der Waals surface area contributed by atoms with Gasteiger partial charge in [-0.3, -0.25) is 9.59 Å². The largest absolute Gasteiger partial charge is 0.457 e. The molecule has 2 aliphatic heterocycles. The van der Waals surface area contributed by atoms with Crippen molar-refractivity contribution in [3.8, 4) is 0 Å². The summed E-state index contributed by atoms with van der Waals surface area (Å²) in [5.41, 5.74) is 0.122. The summed E-state index contributed by atoms with van der Waals surface area (Å²) >= 11 is 1.55. The molecule has 208 valence electrons. The first-order valence-electron chi connectivity index (χ1n) is 13.3. The zero-order valence-electron chi connectivity index (χ0n) is 22.5. The van der Waals surface area contributed by atoms with Gasteiger partial charge in [0.2, 0.25) is 5.85 Å². The summed E-state index contributed by atoms with van der Waals surface area (Å²) in [5.74, 6) is -3.97. The quantitative estimate of drug-likeness (QED) is 0.302. The molecule has 7 atom stereocenters. The number of hydrogen-bond acceptors (Lipinski definition) is 8. The maximum atomic E-state index is 15.4. The number of ether oxygens (including phenoxy) is 2. The highest BCUT2D eigenvalue weighted by Gasteiger charge is 2.58. The third-order valence-corrected chi connectivity index (χ3v) is 9.06. The van der Waals surface area contributed by atoms with E-state index < -0.39 is 54.0 Å². The number of thiazole rings is 1. The molecule has 3 heterocycles. The van der Waals surface area contributed by atoms with E-state index in [1.165, 1.54) is 0 Å². The Bertz CT molecular complexity index is 1200. The van der Waals surface area contributed by atoms with Crippen molar-refractivity contribution in [1.82, 2.24) is 4.98 Å². The molecular formula is C29H38FNO6S. The zero-order valence-corrected chi connectivity index (χ0v) is 23.3. The number of esters is 1. The smallest absolute Gasteiger partial charge is 0.309 e. The van der Waals surface area contributed by atoms with E-state index in [1.807, 2.05) is 32.0 Å². The molecule has 2 unspecified atom stereocenters.